The lowest BCUT2D eigenvalue weighted by Gasteiger charge is -2.21. The summed E-state index contributed by atoms with van der Waals surface area (Å²) in [5.41, 5.74) is 3.14. The summed E-state index contributed by atoms with van der Waals surface area (Å²) in [5, 5.41) is 9.05. The molecule has 5 nitrogen and oxygen atoms in total. The van der Waals surface area contributed by atoms with E-state index in [-0.39, 0.29) is 5.56 Å². The highest BCUT2D eigenvalue weighted by Crippen LogP contribution is 2.34. The van der Waals surface area contributed by atoms with Crippen molar-refractivity contribution in [1.29, 1.82) is 0 Å². The fraction of sp³-hybridized carbons (Fsp3) is 0.174. The van der Waals surface area contributed by atoms with Gasteiger partial charge in [0, 0.05) is 24.5 Å². The summed E-state index contributed by atoms with van der Waals surface area (Å²) < 4.78 is 11.7. The van der Waals surface area contributed by atoms with Crippen LogP contribution in [-0.4, -0.2) is 24.7 Å². The number of nitrogens with zero attached hydrogens (tertiary/aromatic N) is 1. The van der Waals surface area contributed by atoms with Crippen molar-refractivity contribution in [2.24, 2.45) is 0 Å². The van der Waals surface area contributed by atoms with Gasteiger partial charge in [0.05, 0.1) is 12.2 Å². The van der Waals surface area contributed by atoms with Gasteiger partial charge in [0.2, 0.25) is 0 Å². The molecule has 0 saturated heterocycles. The van der Waals surface area contributed by atoms with Gasteiger partial charge in [0.15, 0.2) is 11.5 Å². The Bertz CT molecular complexity index is 923. The number of aromatic carboxylic acids is 1. The van der Waals surface area contributed by atoms with Crippen LogP contribution in [0.1, 0.15) is 22.8 Å². The van der Waals surface area contributed by atoms with Crippen LogP contribution in [-0.2, 0) is 6.61 Å². The van der Waals surface area contributed by atoms with Gasteiger partial charge in [-0.2, -0.15) is 0 Å². The summed E-state index contributed by atoms with van der Waals surface area (Å²) in [6, 6.07) is 22.5. The summed E-state index contributed by atoms with van der Waals surface area (Å²) in [7, 11) is 1.92. The highest BCUT2D eigenvalue weighted by Gasteiger charge is 2.11. The highest BCUT2D eigenvalue weighted by molar-refractivity contribution is 5.88. The fourth-order valence-electron chi connectivity index (χ4n) is 2.80. The third-order valence-electron chi connectivity index (χ3n) is 4.35. The fourth-order valence-corrected chi connectivity index (χ4v) is 2.80. The summed E-state index contributed by atoms with van der Waals surface area (Å²) >= 11 is 0. The van der Waals surface area contributed by atoms with Gasteiger partial charge < -0.3 is 19.5 Å². The molecule has 0 aliphatic rings. The second kappa shape index (κ2) is 8.95. The van der Waals surface area contributed by atoms with Crippen molar-refractivity contribution in [3.05, 3.63) is 83.9 Å². The standard InChI is InChI=1S/C23H23NO4/c1-3-27-22-15-20(24(2)19-11-9-18(10-12-19)23(25)26)13-14-21(22)28-16-17-7-5-4-6-8-17/h4-15H,3,16H2,1-2H3,(H,25,26). The number of anilines is 2. The first kappa shape index (κ1) is 19.3. The average Bonchev–Trinajstić information content (AvgIpc) is 2.73. The normalized spacial score (nSPS) is 10.4. The summed E-state index contributed by atoms with van der Waals surface area (Å²) in [6.07, 6.45) is 0. The van der Waals surface area contributed by atoms with Gasteiger partial charge in [-0.25, -0.2) is 4.79 Å². The maximum atomic E-state index is 11.0. The minimum Gasteiger partial charge on any atom is -0.490 e. The second-order valence-electron chi connectivity index (χ2n) is 6.25. The van der Waals surface area contributed by atoms with Crippen molar-refractivity contribution in [2.75, 3.05) is 18.6 Å². The molecule has 1 N–H and O–H groups in total. The lowest BCUT2D eigenvalue weighted by molar-refractivity contribution is 0.0697. The Kier molecular flexibility index (Phi) is 6.17. The number of hydrogen-bond acceptors (Lipinski definition) is 4. The van der Waals surface area contributed by atoms with E-state index in [1.165, 1.54) is 0 Å². The van der Waals surface area contributed by atoms with Crippen molar-refractivity contribution in [2.45, 2.75) is 13.5 Å². The molecule has 0 fully saturated rings. The monoisotopic (exact) mass is 377 g/mol. The first-order valence-corrected chi connectivity index (χ1v) is 9.09. The molecule has 0 radical (unpaired) electrons. The molecule has 0 aliphatic carbocycles. The van der Waals surface area contributed by atoms with Crippen LogP contribution < -0.4 is 14.4 Å². The van der Waals surface area contributed by atoms with Gasteiger partial charge in [-0.15, -0.1) is 0 Å². The zero-order valence-electron chi connectivity index (χ0n) is 16.0. The van der Waals surface area contributed by atoms with E-state index in [4.69, 9.17) is 14.6 Å². The number of carboxylic acid groups (broad SMARTS) is 1. The Balaban J connectivity index is 1.79. The lowest BCUT2D eigenvalue weighted by atomic mass is 10.2. The summed E-state index contributed by atoms with van der Waals surface area (Å²) in [4.78, 5) is 13.0. The predicted octanol–water partition coefficient (Wildman–Crippen LogP) is 5.13. The molecule has 0 saturated carbocycles. The van der Waals surface area contributed by atoms with E-state index in [0.29, 0.717) is 24.7 Å². The van der Waals surface area contributed by atoms with Gasteiger partial charge in [-0.3, -0.25) is 0 Å². The van der Waals surface area contributed by atoms with Crippen LogP contribution in [0.3, 0.4) is 0 Å². The molecule has 3 aromatic rings. The topological polar surface area (TPSA) is 59.0 Å². The molecule has 0 unspecified atom stereocenters. The smallest absolute Gasteiger partial charge is 0.335 e. The van der Waals surface area contributed by atoms with Crippen LogP contribution in [0.5, 0.6) is 11.5 Å². The molecule has 0 heterocycles. The van der Waals surface area contributed by atoms with Gasteiger partial charge in [0.1, 0.15) is 6.61 Å². The van der Waals surface area contributed by atoms with E-state index < -0.39 is 5.97 Å². The summed E-state index contributed by atoms with van der Waals surface area (Å²) in [5.74, 6) is 0.418. The number of benzene rings is 3. The lowest BCUT2D eigenvalue weighted by Crippen LogP contribution is -2.10. The van der Waals surface area contributed by atoms with Gasteiger partial charge in [-0.1, -0.05) is 30.3 Å². The van der Waals surface area contributed by atoms with E-state index in [9.17, 15) is 4.79 Å². The molecule has 3 rings (SSSR count). The Hall–Kier alpha value is -3.47. The SMILES string of the molecule is CCOc1cc(N(C)c2ccc(C(=O)O)cc2)ccc1OCc1ccccc1. The number of hydrogen-bond donors (Lipinski definition) is 1. The van der Waals surface area contributed by atoms with Crippen LogP contribution >= 0.6 is 0 Å². The minimum atomic E-state index is -0.937. The zero-order chi connectivity index (χ0) is 19.9. The van der Waals surface area contributed by atoms with E-state index in [1.807, 2.05) is 67.4 Å². The number of carboxylic acids is 1. The molecular formula is C23H23NO4. The molecule has 3 aromatic carbocycles. The van der Waals surface area contributed by atoms with Crippen LogP contribution in [0.15, 0.2) is 72.8 Å². The minimum absolute atomic E-state index is 0.261. The van der Waals surface area contributed by atoms with Crippen LogP contribution in [0.25, 0.3) is 0 Å². The van der Waals surface area contributed by atoms with Crippen molar-refractivity contribution in [3.63, 3.8) is 0 Å². The third kappa shape index (κ3) is 4.62. The molecule has 5 heteroatoms. The Morgan fingerprint density at radius 1 is 0.893 bits per heavy atom. The van der Waals surface area contributed by atoms with E-state index in [0.717, 1.165) is 16.9 Å². The van der Waals surface area contributed by atoms with Gasteiger partial charge in [-0.05, 0) is 48.9 Å². The maximum absolute atomic E-state index is 11.0. The first-order chi connectivity index (χ1) is 13.6. The molecule has 28 heavy (non-hydrogen) atoms. The largest absolute Gasteiger partial charge is 0.490 e. The van der Waals surface area contributed by atoms with Gasteiger partial charge in [0.25, 0.3) is 0 Å². The number of ether oxygens (including phenoxy) is 2. The first-order valence-electron chi connectivity index (χ1n) is 9.09. The molecule has 0 aromatic heterocycles. The average molecular weight is 377 g/mol. The van der Waals surface area contributed by atoms with Crippen molar-refractivity contribution in [3.8, 4) is 11.5 Å². The molecule has 0 amide bonds. The van der Waals surface area contributed by atoms with Crippen LogP contribution in [0.2, 0.25) is 0 Å². The van der Waals surface area contributed by atoms with E-state index in [2.05, 4.69) is 0 Å². The Morgan fingerprint density at radius 2 is 1.57 bits per heavy atom. The quantitative estimate of drug-likeness (QED) is 0.590. The maximum Gasteiger partial charge on any atom is 0.335 e. The van der Waals surface area contributed by atoms with E-state index in [1.54, 1.807) is 24.3 Å². The van der Waals surface area contributed by atoms with Crippen molar-refractivity contribution >= 4 is 17.3 Å². The van der Waals surface area contributed by atoms with Gasteiger partial charge >= 0.3 is 5.97 Å². The van der Waals surface area contributed by atoms with Crippen molar-refractivity contribution < 1.29 is 19.4 Å². The molecule has 0 aliphatic heterocycles. The summed E-state index contributed by atoms with van der Waals surface area (Å²) in [6.45, 7) is 2.93. The van der Waals surface area contributed by atoms with E-state index >= 15 is 0 Å². The Morgan fingerprint density at radius 3 is 2.21 bits per heavy atom. The number of carbonyl (C=O) groups is 1. The zero-order valence-corrected chi connectivity index (χ0v) is 16.0. The Labute approximate surface area is 164 Å². The molecule has 144 valence electrons. The molecule has 0 bridgehead atoms. The number of rotatable bonds is 8. The third-order valence-corrected chi connectivity index (χ3v) is 4.35. The highest BCUT2D eigenvalue weighted by atomic mass is 16.5. The predicted molar refractivity (Wildman–Crippen MR) is 110 cm³/mol. The van der Waals surface area contributed by atoms with Crippen molar-refractivity contribution in [1.82, 2.24) is 0 Å². The van der Waals surface area contributed by atoms with Crippen LogP contribution in [0.4, 0.5) is 11.4 Å². The second-order valence-corrected chi connectivity index (χ2v) is 6.25. The molecular weight excluding hydrogens is 354 g/mol. The molecule has 0 spiro atoms. The molecule has 0 atom stereocenters. The van der Waals surface area contributed by atoms with Crippen LogP contribution in [0, 0.1) is 0 Å².